The van der Waals surface area contributed by atoms with Crippen molar-refractivity contribution in [2.24, 2.45) is 0 Å². The average Bonchev–Trinajstić information content (AvgIpc) is 2.95. The fourth-order valence-corrected chi connectivity index (χ4v) is 4.35. The lowest BCUT2D eigenvalue weighted by Crippen LogP contribution is -2.53. The van der Waals surface area contributed by atoms with Gasteiger partial charge in [0.2, 0.25) is 0 Å². The van der Waals surface area contributed by atoms with E-state index in [0.29, 0.717) is 29.7 Å². The van der Waals surface area contributed by atoms with E-state index < -0.39 is 46.8 Å². The Morgan fingerprint density at radius 1 is 0.867 bits per heavy atom. The highest BCUT2D eigenvalue weighted by Gasteiger charge is 2.71. The van der Waals surface area contributed by atoms with Crippen LogP contribution in [0.3, 0.4) is 0 Å². The lowest BCUT2D eigenvalue weighted by atomic mass is 9.71. The molecule has 1 aliphatic rings. The molecular weight excluding hydrogens is 417 g/mol. The zero-order valence-electron chi connectivity index (χ0n) is 15.7. The molecule has 0 saturated heterocycles. The number of alkyl halides is 6. The summed E-state index contributed by atoms with van der Waals surface area (Å²) in [5.41, 5.74) is -5.94. The quantitative estimate of drug-likeness (QED) is 0.639. The Bertz CT molecular complexity index is 874. The highest BCUT2D eigenvalue weighted by Crippen LogP contribution is 2.53. The third kappa shape index (κ3) is 3.58. The maximum atomic E-state index is 13.3. The van der Waals surface area contributed by atoms with Crippen molar-refractivity contribution in [1.29, 1.82) is 0 Å². The van der Waals surface area contributed by atoms with E-state index in [0.717, 1.165) is 12.1 Å². The van der Waals surface area contributed by atoms with E-state index in [4.69, 9.17) is 0 Å². The van der Waals surface area contributed by atoms with Crippen molar-refractivity contribution in [2.45, 2.75) is 55.2 Å². The van der Waals surface area contributed by atoms with Gasteiger partial charge in [0.25, 0.3) is 5.60 Å². The lowest BCUT2D eigenvalue weighted by molar-refractivity contribution is -0.376. The molecule has 2 aromatic rings. The molecule has 1 aliphatic carbocycles. The number of hydrogen-bond acceptors (Lipinski definition) is 2. The molecule has 2 N–H and O–H groups in total. The van der Waals surface area contributed by atoms with E-state index >= 15 is 0 Å². The summed E-state index contributed by atoms with van der Waals surface area (Å²) in [5.74, 6) is -0.891. The Balaban J connectivity index is 2.01. The summed E-state index contributed by atoms with van der Waals surface area (Å²) < 4.78 is 91.8. The van der Waals surface area contributed by atoms with E-state index in [-0.39, 0.29) is 6.42 Å². The minimum absolute atomic E-state index is 0.232. The van der Waals surface area contributed by atoms with E-state index in [1.165, 1.54) is 12.1 Å². The maximum absolute atomic E-state index is 13.3. The SMILES string of the molecule is C[C@]1(c2ccc(F)cc2)CC(O)C[C@H]1c1ccc(C(O)(C(F)(F)F)C(F)(F)F)cc1. The molecule has 1 fully saturated rings. The highest BCUT2D eigenvalue weighted by atomic mass is 19.4. The van der Waals surface area contributed by atoms with Gasteiger partial charge in [-0.15, -0.1) is 0 Å². The van der Waals surface area contributed by atoms with E-state index in [2.05, 4.69) is 0 Å². The van der Waals surface area contributed by atoms with Gasteiger partial charge in [-0.25, -0.2) is 4.39 Å². The summed E-state index contributed by atoms with van der Waals surface area (Å²) in [5, 5.41) is 19.7. The molecule has 0 aliphatic heterocycles. The van der Waals surface area contributed by atoms with Crippen molar-refractivity contribution >= 4 is 0 Å². The van der Waals surface area contributed by atoms with Crippen LogP contribution in [0.15, 0.2) is 48.5 Å². The number of aliphatic hydroxyl groups excluding tert-OH is 1. The monoisotopic (exact) mass is 436 g/mol. The standard InChI is InChI=1S/C21H19F7O2/c1-18(13-6-8-15(22)9-7-13)11-16(29)10-17(18)12-2-4-14(5-3-12)19(30,20(23,24)25)21(26,27)28/h2-9,16-17,29-30H,10-11H2,1H3/t16?,17-,18+/m0/s1. The largest absolute Gasteiger partial charge is 0.430 e. The van der Waals surface area contributed by atoms with Crippen LogP contribution in [0.2, 0.25) is 0 Å². The highest BCUT2D eigenvalue weighted by molar-refractivity contribution is 5.38. The van der Waals surface area contributed by atoms with Crippen LogP contribution < -0.4 is 0 Å². The van der Waals surface area contributed by atoms with Gasteiger partial charge in [0.1, 0.15) is 5.82 Å². The first-order valence-corrected chi connectivity index (χ1v) is 9.10. The molecule has 0 heterocycles. The first kappa shape index (κ1) is 22.6. The summed E-state index contributed by atoms with van der Waals surface area (Å²) in [4.78, 5) is 0. The van der Waals surface area contributed by atoms with Gasteiger partial charge >= 0.3 is 12.4 Å². The lowest BCUT2D eigenvalue weighted by Gasteiger charge is -2.34. The van der Waals surface area contributed by atoms with Gasteiger partial charge in [-0.2, -0.15) is 26.3 Å². The Morgan fingerprint density at radius 3 is 1.83 bits per heavy atom. The van der Waals surface area contributed by atoms with Crippen LogP contribution in [0.4, 0.5) is 30.7 Å². The Kier molecular flexibility index (Phi) is 5.44. The summed E-state index contributed by atoms with van der Waals surface area (Å²) in [7, 11) is 0. The van der Waals surface area contributed by atoms with Crippen molar-refractivity contribution in [3.8, 4) is 0 Å². The molecule has 2 aromatic carbocycles. The van der Waals surface area contributed by atoms with E-state index in [1.54, 1.807) is 19.1 Å². The van der Waals surface area contributed by atoms with Gasteiger partial charge in [0, 0.05) is 11.0 Å². The van der Waals surface area contributed by atoms with Crippen LogP contribution in [-0.4, -0.2) is 28.7 Å². The first-order valence-electron chi connectivity index (χ1n) is 9.10. The molecule has 164 valence electrons. The van der Waals surface area contributed by atoms with Gasteiger partial charge in [0.05, 0.1) is 6.10 Å². The molecular formula is C21H19F7O2. The average molecular weight is 436 g/mol. The Labute approximate surface area is 168 Å². The Hall–Kier alpha value is -2.13. The fraction of sp³-hybridized carbons (Fsp3) is 0.429. The number of aliphatic hydroxyl groups is 2. The number of rotatable bonds is 3. The molecule has 3 atom stereocenters. The van der Waals surface area contributed by atoms with Crippen molar-refractivity contribution in [3.63, 3.8) is 0 Å². The minimum Gasteiger partial charge on any atom is -0.393 e. The maximum Gasteiger partial charge on any atom is 0.430 e. The third-order valence-corrected chi connectivity index (χ3v) is 5.99. The Morgan fingerprint density at radius 2 is 1.37 bits per heavy atom. The molecule has 9 heteroatoms. The van der Waals surface area contributed by atoms with Crippen LogP contribution in [-0.2, 0) is 11.0 Å². The molecule has 3 rings (SSSR count). The minimum atomic E-state index is -5.96. The second-order valence-corrected chi connectivity index (χ2v) is 7.90. The van der Waals surface area contributed by atoms with Gasteiger partial charge in [-0.1, -0.05) is 43.3 Å². The van der Waals surface area contributed by atoms with Gasteiger partial charge in [-0.05, 0) is 42.0 Å². The third-order valence-electron chi connectivity index (χ3n) is 5.99. The molecule has 1 saturated carbocycles. The van der Waals surface area contributed by atoms with Crippen LogP contribution >= 0.6 is 0 Å². The van der Waals surface area contributed by atoms with E-state index in [1.807, 2.05) is 0 Å². The van der Waals surface area contributed by atoms with E-state index in [9.17, 15) is 40.9 Å². The molecule has 0 bridgehead atoms. The number of benzene rings is 2. The van der Waals surface area contributed by atoms with Crippen molar-refractivity contribution < 1.29 is 40.9 Å². The molecule has 30 heavy (non-hydrogen) atoms. The van der Waals surface area contributed by atoms with Crippen molar-refractivity contribution in [1.82, 2.24) is 0 Å². The predicted octanol–water partition coefficient (Wildman–Crippen LogP) is 5.33. The zero-order valence-corrected chi connectivity index (χ0v) is 15.7. The van der Waals surface area contributed by atoms with Crippen LogP contribution in [0.25, 0.3) is 0 Å². The zero-order chi connectivity index (χ0) is 22.5. The smallest absolute Gasteiger partial charge is 0.393 e. The van der Waals surface area contributed by atoms with Crippen molar-refractivity contribution in [3.05, 3.63) is 71.0 Å². The van der Waals surface area contributed by atoms with Crippen molar-refractivity contribution in [2.75, 3.05) is 0 Å². The summed E-state index contributed by atoms with van der Waals surface area (Å²) in [6.45, 7) is 1.80. The fourth-order valence-electron chi connectivity index (χ4n) is 4.35. The predicted molar refractivity (Wildman–Crippen MR) is 94.2 cm³/mol. The summed E-state index contributed by atoms with van der Waals surface area (Å²) in [6, 6.07) is 8.99. The normalized spacial score (nSPS) is 25.5. The van der Waals surface area contributed by atoms with Gasteiger partial charge < -0.3 is 10.2 Å². The van der Waals surface area contributed by atoms with Crippen LogP contribution in [0, 0.1) is 5.82 Å². The molecule has 0 spiro atoms. The topological polar surface area (TPSA) is 40.5 Å². The van der Waals surface area contributed by atoms with Gasteiger partial charge in [0.15, 0.2) is 0 Å². The first-order chi connectivity index (χ1) is 13.7. The molecule has 0 amide bonds. The summed E-state index contributed by atoms with van der Waals surface area (Å²) >= 11 is 0. The second kappa shape index (κ2) is 7.23. The molecule has 1 unspecified atom stereocenters. The number of hydrogen-bond donors (Lipinski definition) is 2. The molecule has 0 radical (unpaired) electrons. The second-order valence-electron chi connectivity index (χ2n) is 7.90. The van der Waals surface area contributed by atoms with Gasteiger partial charge in [-0.3, -0.25) is 0 Å². The van der Waals surface area contributed by atoms with Crippen LogP contribution in [0.1, 0.15) is 42.4 Å². The molecule has 0 aromatic heterocycles. The summed E-state index contributed by atoms with van der Waals surface area (Å²) in [6.07, 6.45) is -12.1. The molecule has 2 nitrogen and oxygen atoms in total. The van der Waals surface area contributed by atoms with Crippen LogP contribution in [0.5, 0.6) is 0 Å². The number of halogens is 7.